The topological polar surface area (TPSA) is 3.88 Å². The molecule has 1 nitrogen and oxygen atoms in total. The quantitative estimate of drug-likeness (QED) is 0.0471. The molecule has 1 aromatic heterocycles. The molecule has 1 aromatic rings. The van der Waals surface area contributed by atoms with E-state index in [2.05, 4.69) is 45.4 Å². The lowest BCUT2D eigenvalue weighted by Gasteiger charge is -2.18. The van der Waals surface area contributed by atoms with Crippen molar-refractivity contribution in [3.05, 3.63) is 28.6 Å². The number of hydrogen-bond donors (Lipinski definition) is 0. The lowest BCUT2D eigenvalue weighted by molar-refractivity contribution is -0.705. The van der Waals surface area contributed by atoms with Gasteiger partial charge in [0.2, 0.25) is 0 Å². The minimum Gasteiger partial charge on any atom is -1.00 e. The van der Waals surface area contributed by atoms with Crippen molar-refractivity contribution in [1.29, 1.82) is 0 Å². The largest absolute Gasteiger partial charge is 1.00 e. The van der Waals surface area contributed by atoms with Crippen molar-refractivity contribution in [2.24, 2.45) is 0 Å². The second kappa shape index (κ2) is 37.4. The number of halogens is 1. The van der Waals surface area contributed by atoms with Crippen LogP contribution < -0.4 is 21.5 Å². The molecule has 1 heterocycles. The first-order chi connectivity index (χ1) is 23.7. The fourth-order valence-corrected chi connectivity index (χ4v) is 8.06. The molecular formula is C47H90BrN. The molecule has 0 amide bonds. The third-order valence-electron chi connectivity index (χ3n) is 11.2. The SMILES string of the molecule is CCCCCCCCCCc1c[n+](CCCCCCCCCC)c(CCCCCCCCCC)c(CCCCCCCCCC)c1CC.[Br-]. The number of unbranched alkanes of at least 4 members (excludes halogenated alkanes) is 28. The van der Waals surface area contributed by atoms with Crippen molar-refractivity contribution in [3.63, 3.8) is 0 Å². The Morgan fingerprint density at radius 1 is 0.347 bits per heavy atom. The molecule has 290 valence electrons. The molecule has 49 heavy (non-hydrogen) atoms. The molecule has 2 heteroatoms. The van der Waals surface area contributed by atoms with Crippen molar-refractivity contribution in [2.45, 2.75) is 272 Å². The summed E-state index contributed by atoms with van der Waals surface area (Å²) in [6, 6.07) is 0. The summed E-state index contributed by atoms with van der Waals surface area (Å²) >= 11 is 0. The van der Waals surface area contributed by atoms with E-state index in [4.69, 9.17) is 0 Å². The summed E-state index contributed by atoms with van der Waals surface area (Å²) in [7, 11) is 0. The molecule has 0 saturated carbocycles. The van der Waals surface area contributed by atoms with Crippen LogP contribution in [0.25, 0.3) is 0 Å². The predicted octanol–water partition coefficient (Wildman–Crippen LogP) is 12.7. The van der Waals surface area contributed by atoms with Crippen LogP contribution in [-0.2, 0) is 32.2 Å². The molecule has 0 radical (unpaired) electrons. The maximum Gasteiger partial charge on any atom is 0.184 e. The summed E-state index contributed by atoms with van der Waals surface area (Å²) in [4.78, 5) is 0. The minimum absolute atomic E-state index is 0. The van der Waals surface area contributed by atoms with Gasteiger partial charge in [0.05, 0.1) is 0 Å². The van der Waals surface area contributed by atoms with E-state index in [1.54, 1.807) is 16.8 Å². The third kappa shape index (κ3) is 26.1. The van der Waals surface area contributed by atoms with Gasteiger partial charge < -0.3 is 17.0 Å². The van der Waals surface area contributed by atoms with Crippen LogP contribution in [0.3, 0.4) is 0 Å². The van der Waals surface area contributed by atoms with Crippen LogP contribution in [0.4, 0.5) is 0 Å². The molecule has 0 bridgehead atoms. The standard InChI is InChI=1S/C47H90N.BrH/c1-6-11-15-19-23-27-31-35-39-44-43-48(42-38-34-30-26-22-18-14-9-4)47(41-37-33-29-25-21-17-13-8-3)46(45(44)10-5)40-36-32-28-24-20-16-12-7-2;/h43H,6-42H2,1-5H3;1H/q+1;/p-1. The van der Waals surface area contributed by atoms with Crippen molar-refractivity contribution in [2.75, 3.05) is 0 Å². The number of nitrogens with zero attached hydrogens (tertiary/aromatic N) is 1. The number of hydrogen-bond acceptors (Lipinski definition) is 0. The lowest BCUT2D eigenvalue weighted by atomic mass is 9.89. The fraction of sp³-hybridized carbons (Fsp3) is 0.894. The number of aryl methyl sites for hydroxylation is 2. The molecule has 0 aliphatic rings. The van der Waals surface area contributed by atoms with E-state index < -0.39 is 0 Å². The van der Waals surface area contributed by atoms with E-state index in [1.165, 1.54) is 238 Å². The van der Waals surface area contributed by atoms with Crippen LogP contribution >= 0.6 is 0 Å². The van der Waals surface area contributed by atoms with Gasteiger partial charge in [-0.15, -0.1) is 0 Å². The first kappa shape index (κ1) is 48.6. The summed E-state index contributed by atoms with van der Waals surface area (Å²) in [5.74, 6) is 0. The molecule has 0 aromatic carbocycles. The molecule has 0 unspecified atom stereocenters. The van der Waals surface area contributed by atoms with Crippen LogP contribution in [0.15, 0.2) is 6.20 Å². The van der Waals surface area contributed by atoms with Gasteiger partial charge in [0.15, 0.2) is 11.9 Å². The zero-order valence-corrected chi connectivity index (χ0v) is 36.2. The number of pyridine rings is 1. The Morgan fingerprint density at radius 2 is 0.673 bits per heavy atom. The van der Waals surface area contributed by atoms with Gasteiger partial charge in [-0.2, -0.15) is 0 Å². The Kier molecular flexibility index (Phi) is 37.1. The number of aromatic nitrogens is 1. The van der Waals surface area contributed by atoms with Gasteiger partial charge in [-0.1, -0.05) is 208 Å². The van der Waals surface area contributed by atoms with Crippen LogP contribution in [0.1, 0.15) is 262 Å². The Labute approximate surface area is 321 Å². The molecule has 0 aliphatic carbocycles. The molecule has 0 aliphatic heterocycles. The van der Waals surface area contributed by atoms with Gasteiger partial charge in [0.25, 0.3) is 0 Å². The van der Waals surface area contributed by atoms with Gasteiger partial charge in [-0.3, -0.25) is 0 Å². The van der Waals surface area contributed by atoms with E-state index in [0.717, 1.165) is 0 Å². The summed E-state index contributed by atoms with van der Waals surface area (Å²) < 4.78 is 2.83. The lowest BCUT2D eigenvalue weighted by Crippen LogP contribution is -3.00. The first-order valence-corrected chi connectivity index (χ1v) is 22.8. The second-order valence-electron chi connectivity index (χ2n) is 15.8. The van der Waals surface area contributed by atoms with Gasteiger partial charge in [0, 0.05) is 24.0 Å². The summed E-state index contributed by atoms with van der Waals surface area (Å²) in [6.45, 7) is 13.0. The van der Waals surface area contributed by atoms with Gasteiger partial charge >= 0.3 is 0 Å². The highest BCUT2D eigenvalue weighted by Gasteiger charge is 2.23. The van der Waals surface area contributed by atoms with Crippen molar-refractivity contribution >= 4 is 0 Å². The zero-order valence-electron chi connectivity index (χ0n) is 34.6. The Hall–Kier alpha value is -0.370. The smallest absolute Gasteiger partial charge is 0.184 e. The average molecular weight is 749 g/mol. The van der Waals surface area contributed by atoms with Crippen LogP contribution in [0.5, 0.6) is 0 Å². The highest BCUT2D eigenvalue weighted by molar-refractivity contribution is 5.35. The summed E-state index contributed by atoms with van der Waals surface area (Å²) in [6.07, 6.45) is 53.2. The minimum atomic E-state index is 0. The Bertz CT molecular complexity index is 817. The Balaban J connectivity index is 0.0000230. The maximum atomic E-state index is 2.83. The predicted molar refractivity (Wildman–Crippen MR) is 218 cm³/mol. The van der Waals surface area contributed by atoms with E-state index in [-0.39, 0.29) is 17.0 Å². The Morgan fingerprint density at radius 3 is 1.06 bits per heavy atom. The van der Waals surface area contributed by atoms with Crippen molar-refractivity contribution in [1.82, 2.24) is 0 Å². The van der Waals surface area contributed by atoms with Crippen LogP contribution in [0, 0.1) is 0 Å². The highest BCUT2D eigenvalue weighted by atomic mass is 79.9. The van der Waals surface area contributed by atoms with Crippen molar-refractivity contribution < 1.29 is 21.5 Å². The van der Waals surface area contributed by atoms with E-state index in [0.29, 0.717) is 0 Å². The molecule has 0 spiro atoms. The third-order valence-corrected chi connectivity index (χ3v) is 11.2. The fourth-order valence-electron chi connectivity index (χ4n) is 8.06. The van der Waals surface area contributed by atoms with E-state index in [1.807, 2.05) is 5.56 Å². The highest BCUT2D eigenvalue weighted by Crippen LogP contribution is 2.25. The molecule has 0 N–H and O–H groups in total. The molecule has 1 rings (SSSR count). The first-order valence-electron chi connectivity index (χ1n) is 22.8. The monoisotopic (exact) mass is 748 g/mol. The number of rotatable bonds is 37. The van der Waals surface area contributed by atoms with Gasteiger partial charge in [-0.05, 0) is 50.5 Å². The molecular weight excluding hydrogens is 658 g/mol. The molecule has 0 saturated heterocycles. The van der Waals surface area contributed by atoms with E-state index >= 15 is 0 Å². The summed E-state index contributed by atoms with van der Waals surface area (Å²) in [5.41, 5.74) is 7.05. The molecule has 0 fully saturated rings. The van der Waals surface area contributed by atoms with Crippen LogP contribution in [-0.4, -0.2) is 0 Å². The zero-order chi connectivity index (χ0) is 34.8. The van der Waals surface area contributed by atoms with Crippen molar-refractivity contribution in [3.8, 4) is 0 Å². The second-order valence-corrected chi connectivity index (χ2v) is 15.8. The average Bonchev–Trinajstić information content (AvgIpc) is 3.10. The molecule has 0 atom stereocenters. The maximum absolute atomic E-state index is 2.83. The van der Waals surface area contributed by atoms with Gasteiger partial charge in [-0.25, -0.2) is 4.57 Å². The van der Waals surface area contributed by atoms with Gasteiger partial charge in [0.1, 0.15) is 6.54 Å². The summed E-state index contributed by atoms with van der Waals surface area (Å²) in [5, 5.41) is 0. The van der Waals surface area contributed by atoms with E-state index in [9.17, 15) is 0 Å². The normalized spacial score (nSPS) is 11.4. The van der Waals surface area contributed by atoms with Crippen LogP contribution in [0.2, 0.25) is 0 Å².